The van der Waals surface area contributed by atoms with Gasteiger partial charge >= 0.3 is 0 Å². The van der Waals surface area contributed by atoms with Crippen LogP contribution in [0, 0.1) is 5.92 Å². The molecule has 1 unspecified atom stereocenters. The van der Waals surface area contributed by atoms with Crippen LogP contribution in [0.15, 0.2) is 30.3 Å². The molecule has 5 heteroatoms. The van der Waals surface area contributed by atoms with Gasteiger partial charge in [0.05, 0.1) is 5.88 Å². The molecule has 0 aliphatic carbocycles. The Morgan fingerprint density at radius 3 is 2.53 bits per heavy atom. The molecule has 2 rings (SSSR count). The van der Waals surface area contributed by atoms with Crippen molar-refractivity contribution in [3.8, 4) is 5.69 Å². The molecule has 4 nitrogen and oxygen atoms in total. The summed E-state index contributed by atoms with van der Waals surface area (Å²) in [6.45, 7) is 2.84. The molecule has 0 N–H and O–H groups in total. The molecule has 0 aliphatic rings. The van der Waals surface area contributed by atoms with E-state index in [-0.39, 0.29) is 0 Å². The van der Waals surface area contributed by atoms with Gasteiger partial charge in [-0.25, -0.2) is 0 Å². The molecule has 1 aromatic heterocycles. The summed E-state index contributed by atoms with van der Waals surface area (Å²) < 4.78 is 7.20. The van der Waals surface area contributed by atoms with Crippen molar-refractivity contribution in [3.63, 3.8) is 0 Å². The molecule has 1 aromatic carbocycles. The lowest BCUT2D eigenvalue weighted by atomic mass is 10.1. The molecule has 0 radical (unpaired) electrons. The Hall–Kier alpha value is -1.39. The summed E-state index contributed by atoms with van der Waals surface area (Å²) in [4.78, 5) is 0. The van der Waals surface area contributed by atoms with Crippen LogP contribution in [-0.4, -0.2) is 28.5 Å². The normalized spacial score (nSPS) is 12.6. The average molecular weight is 280 g/mol. The van der Waals surface area contributed by atoms with Gasteiger partial charge in [-0.1, -0.05) is 25.1 Å². The number of rotatable bonds is 6. The van der Waals surface area contributed by atoms with Gasteiger partial charge in [0.1, 0.15) is 5.82 Å². The number of alkyl halides is 1. The molecule has 0 amide bonds. The molecule has 0 saturated carbocycles. The smallest absolute Gasteiger partial charge is 0.152 e. The molecule has 102 valence electrons. The third-order valence-electron chi connectivity index (χ3n) is 2.91. The van der Waals surface area contributed by atoms with E-state index in [0.717, 1.165) is 23.8 Å². The quantitative estimate of drug-likeness (QED) is 0.764. The minimum Gasteiger partial charge on any atom is -0.384 e. The molecule has 0 fully saturated rings. The zero-order valence-corrected chi connectivity index (χ0v) is 12.0. The fourth-order valence-corrected chi connectivity index (χ4v) is 2.28. The summed E-state index contributed by atoms with van der Waals surface area (Å²) in [6.07, 6.45) is 0.812. The van der Waals surface area contributed by atoms with Crippen molar-refractivity contribution in [1.29, 1.82) is 0 Å². The summed E-state index contributed by atoms with van der Waals surface area (Å²) in [6, 6.07) is 10.0. The lowest BCUT2D eigenvalue weighted by molar-refractivity contribution is 0.158. The zero-order valence-electron chi connectivity index (χ0n) is 11.2. The highest BCUT2D eigenvalue weighted by Crippen LogP contribution is 2.17. The van der Waals surface area contributed by atoms with Crippen LogP contribution in [0.1, 0.15) is 18.6 Å². The minimum atomic E-state index is 0.348. The SMILES string of the molecule is COCC(C)Cc1nnc(CCl)n1-c1ccccc1. The largest absolute Gasteiger partial charge is 0.384 e. The van der Waals surface area contributed by atoms with E-state index in [0.29, 0.717) is 18.4 Å². The fraction of sp³-hybridized carbons (Fsp3) is 0.429. The van der Waals surface area contributed by atoms with Gasteiger partial charge in [0.25, 0.3) is 0 Å². The molecule has 1 heterocycles. The van der Waals surface area contributed by atoms with E-state index in [2.05, 4.69) is 17.1 Å². The van der Waals surface area contributed by atoms with Gasteiger partial charge in [-0.15, -0.1) is 21.8 Å². The molecular formula is C14H18ClN3O. The maximum atomic E-state index is 5.94. The Labute approximate surface area is 118 Å². The number of aromatic nitrogens is 3. The Morgan fingerprint density at radius 1 is 1.21 bits per heavy atom. The molecule has 0 saturated heterocycles. The first-order valence-corrected chi connectivity index (χ1v) is 6.83. The highest BCUT2D eigenvalue weighted by molar-refractivity contribution is 6.16. The highest BCUT2D eigenvalue weighted by atomic mass is 35.5. The maximum absolute atomic E-state index is 5.94. The van der Waals surface area contributed by atoms with Crippen molar-refractivity contribution in [1.82, 2.24) is 14.8 Å². The highest BCUT2D eigenvalue weighted by Gasteiger charge is 2.15. The Morgan fingerprint density at radius 2 is 1.89 bits per heavy atom. The predicted octanol–water partition coefficient (Wildman–Crippen LogP) is 2.83. The van der Waals surface area contributed by atoms with E-state index >= 15 is 0 Å². The first kappa shape index (κ1) is 14.0. The number of methoxy groups -OCH3 is 1. The van der Waals surface area contributed by atoms with E-state index in [1.54, 1.807) is 7.11 Å². The van der Waals surface area contributed by atoms with E-state index in [1.165, 1.54) is 0 Å². The first-order valence-electron chi connectivity index (χ1n) is 6.29. The van der Waals surface area contributed by atoms with Crippen molar-refractivity contribution in [2.75, 3.05) is 13.7 Å². The monoisotopic (exact) mass is 279 g/mol. The lowest BCUT2D eigenvalue weighted by Crippen LogP contribution is -2.12. The van der Waals surface area contributed by atoms with E-state index in [4.69, 9.17) is 16.3 Å². The lowest BCUT2D eigenvalue weighted by Gasteiger charge is -2.12. The topological polar surface area (TPSA) is 39.9 Å². The van der Waals surface area contributed by atoms with Gasteiger partial charge in [0.15, 0.2) is 5.82 Å². The Kier molecular flexibility index (Phi) is 4.93. The van der Waals surface area contributed by atoms with Crippen LogP contribution < -0.4 is 0 Å². The molecule has 0 aliphatic heterocycles. The van der Waals surface area contributed by atoms with Gasteiger partial charge in [-0.3, -0.25) is 4.57 Å². The van der Waals surface area contributed by atoms with E-state index in [1.807, 2.05) is 34.9 Å². The van der Waals surface area contributed by atoms with Crippen molar-refractivity contribution < 1.29 is 4.74 Å². The second-order valence-corrected chi connectivity index (χ2v) is 4.87. The van der Waals surface area contributed by atoms with E-state index < -0.39 is 0 Å². The summed E-state index contributed by atoms with van der Waals surface area (Å²) in [7, 11) is 1.71. The average Bonchev–Trinajstić information content (AvgIpc) is 2.82. The number of ether oxygens (including phenoxy) is 1. The maximum Gasteiger partial charge on any atom is 0.152 e. The fourth-order valence-electron chi connectivity index (χ4n) is 2.10. The second-order valence-electron chi connectivity index (χ2n) is 4.60. The van der Waals surface area contributed by atoms with Crippen LogP contribution in [0.5, 0.6) is 0 Å². The molecule has 0 spiro atoms. The van der Waals surface area contributed by atoms with Crippen LogP contribution in [0.4, 0.5) is 0 Å². The third-order valence-corrected chi connectivity index (χ3v) is 3.15. The molecular weight excluding hydrogens is 262 g/mol. The molecule has 2 aromatic rings. The summed E-state index contributed by atoms with van der Waals surface area (Å²) in [5, 5.41) is 8.42. The first-order chi connectivity index (χ1) is 9.26. The van der Waals surface area contributed by atoms with Crippen molar-refractivity contribution in [2.24, 2.45) is 5.92 Å². The summed E-state index contributed by atoms with van der Waals surface area (Å²) >= 11 is 5.94. The van der Waals surface area contributed by atoms with Crippen LogP contribution in [0.25, 0.3) is 5.69 Å². The van der Waals surface area contributed by atoms with Gasteiger partial charge in [-0.05, 0) is 18.1 Å². The van der Waals surface area contributed by atoms with Crippen LogP contribution in [0.3, 0.4) is 0 Å². The van der Waals surface area contributed by atoms with Gasteiger partial charge < -0.3 is 4.74 Å². The van der Waals surface area contributed by atoms with Crippen molar-refractivity contribution >= 4 is 11.6 Å². The third kappa shape index (κ3) is 3.33. The van der Waals surface area contributed by atoms with Gasteiger partial charge in [0.2, 0.25) is 0 Å². The summed E-state index contributed by atoms with van der Waals surface area (Å²) in [5.74, 6) is 2.43. The van der Waals surface area contributed by atoms with Crippen LogP contribution in [0.2, 0.25) is 0 Å². The number of nitrogens with zero attached hydrogens (tertiary/aromatic N) is 3. The summed E-state index contributed by atoms with van der Waals surface area (Å²) in [5.41, 5.74) is 1.04. The van der Waals surface area contributed by atoms with Crippen LogP contribution in [-0.2, 0) is 17.0 Å². The number of benzene rings is 1. The zero-order chi connectivity index (χ0) is 13.7. The molecule has 0 bridgehead atoms. The van der Waals surface area contributed by atoms with Crippen molar-refractivity contribution in [2.45, 2.75) is 19.2 Å². The van der Waals surface area contributed by atoms with Gasteiger partial charge in [-0.2, -0.15) is 0 Å². The van der Waals surface area contributed by atoms with Crippen molar-refractivity contribution in [3.05, 3.63) is 42.0 Å². The number of halogens is 1. The Balaban J connectivity index is 2.32. The number of para-hydroxylation sites is 1. The number of hydrogen-bond acceptors (Lipinski definition) is 3. The molecule has 19 heavy (non-hydrogen) atoms. The Bertz CT molecular complexity index is 513. The van der Waals surface area contributed by atoms with Gasteiger partial charge in [0, 0.05) is 25.8 Å². The minimum absolute atomic E-state index is 0.348. The molecule has 1 atom stereocenters. The van der Waals surface area contributed by atoms with Crippen LogP contribution >= 0.6 is 11.6 Å². The predicted molar refractivity (Wildman–Crippen MR) is 75.7 cm³/mol. The van der Waals surface area contributed by atoms with E-state index in [9.17, 15) is 0 Å². The number of hydrogen-bond donors (Lipinski definition) is 0. The standard InChI is InChI=1S/C14H18ClN3O/c1-11(10-19-2)8-13-16-17-14(9-15)18(13)12-6-4-3-5-7-12/h3-7,11H,8-10H2,1-2H3. The second kappa shape index (κ2) is 6.68.